The molecule has 170 valence electrons. The standard InChI is InChI=1S/C27H31N5O/c1-4-22(28-17-18-31(3)24-15-9-8-11-20(24)2)26-30-23-14-10-16-29-25(23)27(33)32(26)19-21-12-6-5-7-13-21/h5-16,22,28H,4,17-19H2,1-3H3. The number of likely N-dealkylation sites (N-methyl/N-ethyl adjacent to an activating group) is 1. The van der Waals surface area contributed by atoms with Crippen LogP contribution in [0.25, 0.3) is 11.0 Å². The van der Waals surface area contributed by atoms with Crippen molar-refractivity contribution < 1.29 is 0 Å². The Morgan fingerprint density at radius 3 is 2.55 bits per heavy atom. The van der Waals surface area contributed by atoms with E-state index in [0.29, 0.717) is 17.6 Å². The van der Waals surface area contributed by atoms with E-state index in [1.54, 1.807) is 10.8 Å². The summed E-state index contributed by atoms with van der Waals surface area (Å²) in [6.07, 6.45) is 2.47. The second-order valence-corrected chi connectivity index (χ2v) is 8.34. The van der Waals surface area contributed by atoms with E-state index in [-0.39, 0.29) is 11.6 Å². The van der Waals surface area contributed by atoms with Crippen LogP contribution in [0.1, 0.15) is 36.3 Å². The van der Waals surface area contributed by atoms with Gasteiger partial charge in [-0.25, -0.2) is 9.97 Å². The number of nitrogens with zero attached hydrogens (tertiary/aromatic N) is 4. The molecule has 1 N–H and O–H groups in total. The van der Waals surface area contributed by atoms with E-state index in [9.17, 15) is 4.79 Å². The van der Waals surface area contributed by atoms with Gasteiger partial charge < -0.3 is 10.2 Å². The smallest absolute Gasteiger partial charge is 0.280 e. The van der Waals surface area contributed by atoms with E-state index in [2.05, 4.69) is 60.4 Å². The first-order chi connectivity index (χ1) is 16.1. The SMILES string of the molecule is CCC(NCCN(C)c1ccccc1C)c1nc2cccnc2c(=O)n1Cc1ccccc1. The number of anilines is 1. The lowest BCUT2D eigenvalue weighted by molar-refractivity contribution is 0.470. The van der Waals surface area contributed by atoms with Crippen molar-refractivity contribution in [3.8, 4) is 0 Å². The molecule has 0 aliphatic heterocycles. The molecule has 0 radical (unpaired) electrons. The summed E-state index contributed by atoms with van der Waals surface area (Å²) in [6.45, 7) is 6.34. The van der Waals surface area contributed by atoms with Gasteiger partial charge in [0.25, 0.3) is 5.56 Å². The number of fused-ring (bicyclic) bond motifs is 1. The molecule has 6 nitrogen and oxygen atoms in total. The maximum absolute atomic E-state index is 13.4. The van der Waals surface area contributed by atoms with Crippen LogP contribution in [0.2, 0.25) is 0 Å². The number of nitrogens with one attached hydrogen (secondary N) is 1. The summed E-state index contributed by atoms with van der Waals surface area (Å²) < 4.78 is 1.77. The van der Waals surface area contributed by atoms with Crippen LogP contribution in [0, 0.1) is 6.92 Å². The van der Waals surface area contributed by atoms with Crippen LogP contribution >= 0.6 is 0 Å². The van der Waals surface area contributed by atoms with E-state index in [1.165, 1.54) is 11.3 Å². The molecule has 2 aromatic carbocycles. The third-order valence-corrected chi connectivity index (χ3v) is 6.01. The van der Waals surface area contributed by atoms with Crippen molar-refractivity contribution >= 4 is 16.7 Å². The highest BCUT2D eigenvalue weighted by atomic mass is 16.1. The molecule has 1 atom stereocenters. The molecule has 33 heavy (non-hydrogen) atoms. The summed E-state index contributed by atoms with van der Waals surface area (Å²) in [5.74, 6) is 0.755. The van der Waals surface area contributed by atoms with Crippen LogP contribution in [0.15, 0.2) is 77.7 Å². The number of benzene rings is 2. The van der Waals surface area contributed by atoms with Crippen molar-refractivity contribution in [1.82, 2.24) is 19.9 Å². The second kappa shape index (κ2) is 10.4. The molecule has 2 aromatic heterocycles. The normalized spacial score (nSPS) is 12.1. The fourth-order valence-electron chi connectivity index (χ4n) is 4.19. The third kappa shape index (κ3) is 5.12. The van der Waals surface area contributed by atoms with Gasteiger partial charge in [-0.05, 0) is 42.7 Å². The van der Waals surface area contributed by atoms with Gasteiger partial charge in [-0.15, -0.1) is 0 Å². The monoisotopic (exact) mass is 441 g/mol. The lowest BCUT2D eigenvalue weighted by Gasteiger charge is -2.25. The fraction of sp³-hybridized carbons (Fsp3) is 0.296. The minimum Gasteiger partial charge on any atom is -0.373 e. The van der Waals surface area contributed by atoms with E-state index in [4.69, 9.17) is 4.98 Å². The highest BCUT2D eigenvalue weighted by Gasteiger charge is 2.19. The molecular weight excluding hydrogens is 410 g/mol. The zero-order valence-corrected chi connectivity index (χ0v) is 19.5. The Balaban J connectivity index is 1.61. The van der Waals surface area contributed by atoms with Crippen LogP contribution in [-0.2, 0) is 6.54 Å². The molecule has 6 heteroatoms. The zero-order chi connectivity index (χ0) is 23.2. The predicted molar refractivity (Wildman–Crippen MR) is 135 cm³/mol. The van der Waals surface area contributed by atoms with Gasteiger partial charge in [0.1, 0.15) is 5.82 Å². The van der Waals surface area contributed by atoms with Crippen molar-refractivity contribution in [2.45, 2.75) is 32.9 Å². The first-order valence-electron chi connectivity index (χ1n) is 11.5. The van der Waals surface area contributed by atoms with Crippen molar-refractivity contribution in [3.05, 3.63) is 100 Å². The summed E-state index contributed by atoms with van der Waals surface area (Å²) in [7, 11) is 2.11. The number of aryl methyl sites for hydroxylation is 1. The van der Waals surface area contributed by atoms with Crippen molar-refractivity contribution in [1.29, 1.82) is 0 Å². The Bertz CT molecular complexity index is 1270. The van der Waals surface area contributed by atoms with Gasteiger partial charge in [0.15, 0.2) is 5.52 Å². The summed E-state index contributed by atoms with van der Waals surface area (Å²) in [6, 6.07) is 22.1. The first kappa shape index (κ1) is 22.7. The van der Waals surface area contributed by atoms with E-state index in [1.807, 2.05) is 42.5 Å². The van der Waals surface area contributed by atoms with E-state index >= 15 is 0 Å². The molecule has 0 spiro atoms. The Morgan fingerprint density at radius 2 is 1.79 bits per heavy atom. The lowest BCUT2D eigenvalue weighted by atomic mass is 10.1. The molecule has 2 heterocycles. The number of hydrogen-bond donors (Lipinski definition) is 1. The molecule has 0 aliphatic rings. The predicted octanol–water partition coefficient (Wildman–Crippen LogP) is 4.33. The average molecular weight is 442 g/mol. The summed E-state index contributed by atoms with van der Waals surface area (Å²) in [5, 5.41) is 3.64. The highest BCUT2D eigenvalue weighted by Crippen LogP contribution is 2.19. The van der Waals surface area contributed by atoms with Crippen LogP contribution in [0.3, 0.4) is 0 Å². The van der Waals surface area contributed by atoms with Crippen LogP contribution in [0.5, 0.6) is 0 Å². The van der Waals surface area contributed by atoms with Gasteiger partial charge in [-0.2, -0.15) is 0 Å². The number of para-hydroxylation sites is 1. The van der Waals surface area contributed by atoms with Gasteiger partial charge in [0.05, 0.1) is 18.1 Å². The topological polar surface area (TPSA) is 63.0 Å². The van der Waals surface area contributed by atoms with Gasteiger partial charge >= 0.3 is 0 Å². The molecule has 0 bridgehead atoms. The minimum absolute atomic E-state index is 0.0451. The number of aromatic nitrogens is 3. The molecule has 0 saturated carbocycles. The summed E-state index contributed by atoms with van der Waals surface area (Å²) >= 11 is 0. The average Bonchev–Trinajstić information content (AvgIpc) is 2.84. The zero-order valence-electron chi connectivity index (χ0n) is 19.5. The maximum atomic E-state index is 13.4. The molecule has 4 rings (SSSR count). The van der Waals surface area contributed by atoms with Crippen molar-refractivity contribution in [2.75, 3.05) is 25.0 Å². The largest absolute Gasteiger partial charge is 0.373 e. The molecule has 0 saturated heterocycles. The van der Waals surface area contributed by atoms with Crippen LogP contribution in [0.4, 0.5) is 5.69 Å². The second-order valence-electron chi connectivity index (χ2n) is 8.34. The lowest BCUT2D eigenvalue weighted by Crippen LogP contribution is -2.36. The quantitative estimate of drug-likeness (QED) is 0.419. The van der Waals surface area contributed by atoms with Gasteiger partial charge in [0, 0.05) is 32.0 Å². The van der Waals surface area contributed by atoms with Crippen molar-refractivity contribution in [3.63, 3.8) is 0 Å². The van der Waals surface area contributed by atoms with E-state index in [0.717, 1.165) is 30.9 Å². The van der Waals surface area contributed by atoms with Gasteiger partial charge in [-0.1, -0.05) is 55.5 Å². The van der Waals surface area contributed by atoms with Crippen molar-refractivity contribution in [2.24, 2.45) is 0 Å². The molecule has 0 aliphatic carbocycles. The molecule has 0 fully saturated rings. The van der Waals surface area contributed by atoms with E-state index < -0.39 is 0 Å². The number of rotatable bonds is 9. The van der Waals surface area contributed by atoms with Crippen LogP contribution < -0.4 is 15.8 Å². The molecular formula is C27H31N5O. The number of pyridine rings is 1. The minimum atomic E-state index is -0.100. The summed E-state index contributed by atoms with van der Waals surface area (Å²) in [4.78, 5) is 24.9. The molecule has 0 amide bonds. The number of hydrogen-bond acceptors (Lipinski definition) is 5. The van der Waals surface area contributed by atoms with Gasteiger partial charge in [0.2, 0.25) is 0 Å². The molecule has 1 unspecified atom stereocenters. The Hall–Kier alpha value is -3.51. The maximum Gasteiger partial charge on any atom is 0.280 e. The Morgan fingerprint density at radius 1 is 1.03 bits per heavy atom. The summed E-state index contributed by atoms with van der Waals surface area (Å²) in [5.41, 5.74) is 4.49. The highest BCUT2D eigenvalue weighted by molar-refractivity contribution is 5.72. The van der Waals surface area contributed by atoms with Crippen LogP contribution in [-0.4, -0.2) is 34.7 Å². The first-order valence-corrected chi connectivity index (χ1v) is 11.5. The molecule has 4 aromatic rings. The Labute approximate surface area is 194 Å². The van der Waals surface area contributed by atoms with Gasteiger partial charge in [-0.3, -0.25) is 9.36 Å². The Kier molecular flexibility index (Phi) is 7.15. The fourth-order valence-corrected chi connectivity index (χ4v) is 4.19. The third-order valence-electron chi connectivity index (χ3n) is 6.01.